The number of nitrogens with zero attached hydrogens (tertiary/aromatic N) is 2. The van der Waals surface area contributed by atoms with Crippen LogP contribution < -0.4 is 5.32 Å². The molecule has 1 heterocycles. The van der Waals surface area contributed by atoms with Crippen LogP contribution in [0.3, 0.4) is 0 Å². The lowest BCUT2D eigenvalue weighted by Gasteiger charge is -1.99. The van der Waals surface area contributed by atoms with Gasteiger partial charge in [-0.1, -0.05) is 37.0 Å². The van der Waals surface area contributed by atoms with Crippen LogP contribution in [0.25, 0.3) is 0 Å². The average molecular weight is 253 g/mol. The summed E-state index contributed by atoms with van der Waals surface area (Å²) < 4.78 is 1.87. The van der Waals surface area contributed by atoms with Crippen LogP contribution in [0, 0.1) is 11.8 Å². The Balaban J connectivity index is 1.83. The van der Waals surface area contributed by atoms with Gasteiger partial charge in [0.2, 0.25) is 0 Å². The predicted octanol–water partition coefficient (Wildman–Crippen LogP) is 2.12. The first-order chi connectivity index (χ1) is 9.29. The van der Waals surface area contributed by atoms with Gasteiger partial charge in [0.1, 0.15) is 0 Å². The van der Waals surface area contributed by atoms with E-state index in [4.69, 9.17) is 0 Å². The fourth-order valence-electron chi connectivity index (χ4n) is 1.96. The maximum atomic E-state index is 4.42. The van der Waals surface area contributed by atoms with Crippen molar-refractivity contribution in [2.45, 2.75) is 19.9 Å². The first-order valence-electron chi connectivity index (χ1n) is 6.55. The highest BCUT2D eigenvalue weighted by molar-refractivity contribution is 5.33. The molecule has 19 heavy (non-hydrogen) atoms. The zero-order valence-corrected chi connectivity index (χ0v) is 11.5. The Labute approximate surface area is 114 Å². The molecule has 3 nitrogen and oxygen atoms in total. The Morgan fingerprint density at radius 1 is 1.26 bits per heavy atom. The zero-order valence-electron chi connectivity index (χ0n) is 11.5. The SMILES string of the molecule is CCc1nn(C)cc1CNCC#Cc1ccccc1. The second-order valence-corrected chi connectivity index (χ2v) is 4.40. The van der Waals surface area contributed by atoms with Crippen molar-refractivity contribution in [2.24, 2.45) is 7.05 Å². The summed E-state index contributed by atoms with van der Waals surface area (Å²) in [6, 6.07) is 10.0. The number of benzene rings is 1. The van der Waals surface area contributed by atoms with Crippen molar-refractivity contribution in [3.8, 4) is 11.8 Å². The van der Waals surface area contributed by atoms with Gasteiger partial charge in [-0.15, -0.1) is 0 Å². The smallest absolute Gasteiger partial charge is 0.0666 e. The van der Waals surface area contributed by atoms with Gasteiger partial charge in [-0.05, 0) is 18.6 Å². The van der Waals surface area contributed by atoms with Crippen LogP contribution in [0.4, 0.5) is 0 Å². The van der Waals surface area contributed by atoms with E-state index in [-0.39, 0.29) is 0 Å². The number of aryl methyl sites for hydroxylation is 2. The molecule has 0 aliphatic heterocycles. The molecule has 0 aliphatic carbocycles. The summed E-state index contributed by atoms with van der Waals surface area (Å²) in [6.45, 7) is 3.63. The standard InChI is InChI=1S/C16H19N3/c1-3-16-15(13-19(2)18-16)12-17-11-7-10-14-8-5-4-6-9-14/h4-6,8-9,13,17H,3,11-12H2,1-2H3. The zero-order chi connectivity index (χ0) is 13.5. The van der Waals surface area contributed by atoms with Crippen molar-refractivity contribution in [3.05, 3.63) is 53.3 Å². The van der Waals surface area contributed by atoms with Crippen LogP contribution in [0.15, 0.2) is 36.5 Å². The van der Waals surface area contributed by atoms with Crippen molar-refractivity contribution in [1.29, 1.82) is 0 Å². The van der Waals surface area contributed by atoms with Crippen LogP contribution in [-0.4, -0.2) is 16.3 Å². The molecule has 0 amide bonds. The van der Waals surface area contributed by atoms with E-state index >= 15 is 0 Å². The van der Waals surface area contributed by atoms with E-state index in [0.717, 1.165) is 24.2 Å². The Kier molecular flexibility index (Phi) is 4.77. The molecule has 0 bridgehead atoms. The second kappa shape index (κ2) is 6.77. The summed E-state index contributed by atoms with van der Waals surface area (Å²) in [5.74, 6) is 6.26. The maximum absolute atomic E-state index is 4.42. The highest BCUT2D eigenvalue weighted by Gasteiger charge is 2.03. The first-order valence-corrected chi connectivity index (χ1v) is 6.55. The molecular weight excluding hydrogens is 234 g/mol. The van der Waals surface area contributed by atoms with Gasteiger partial charge >= 0.3 is 0 Å². The highest BCUT2D eigenvalue weighted by Crippen LogP contribution is 2.06. The Morgan fingerprint density at radius 3 is 2.79 bits per heavy atom. The molecule has 0 fully saturated rings. The van der Waals surface area contributed by atoms with E-state index in [1.807, 2.05) is 42.1 Å². The Morgan fingerprint density at radius 2 is 2.05 bits per heavy atom. The summed E-state index contributed by atoms with van der Waals surface area (Å²) in [4.78, 5) is 0. The van der Waals surface area contributed by atoms with Gasteiger partial charge in [-0.25, -0.2) is 0 Å². The van der Waals surface area contributed by atoms with Crippen molar-refractivity contribution in [3.63, 3.8) is 0 Å². The molecule has 1 aromatic carbocycles. The summed E-state index contributed by atoms with van der Waals surface area (Å²) in [6.07, 6.45) is 3.03. The van der Waals surface area contributed by atoms with Gasteiger partial charge in [0.25, 0.3) is 0 Å². The van der Waals surface area contributed by atoms with E-state index in [1.54, 1.807) is 0 Å². The summed E-state index contributed by atoms with van der Waals surface area (Å²) >= 11 is 0. The van der Waals surface area contributed by atoms with Crippen LogP contribution in [0.2, 0.25) is 0 Å². The highest BCUT2D eigenvalue weighted by atomic mass is 15.3. The molecule has 1 aromatic heterocycles. The molecule has 0 saturated heterocycles. The molecule has 0 atom stereocenters. The van der Waals surface area contributed by atoms with Crippen molar-refractivity contribution < 1.29 is 0 Å². The van der Waals surface area contributed by atoms with Crippen LogP contribution in [0.1, 0.15) is 23.7 Å². The van der Waals surface area contributed by atoms with E-state index in [0.29, 0.717) is 6.54 Å². The van der Waals surface area contributed by atoms with Gasteiger partial charge in [-0.2, -0.15) is 5.10 Å². The number of nitrogens with one attached hydrogen (secondary N) is 1. The molecule has 0 saturated carbocycles. The molecule has 0 aliphatic rings. The van der Waals surface area contributed by atoms with Gasteiger partial charge in [0.05, 0.1) is 12.2 Å². The number of rotatable bonds is 4. The monoisotopic (exact) mass is 253 g/mol. The fraction of sp³-hybridized carbons (Fsp3) is 0.312. The van der Waals surface area contributed by atoms with Gasteiger partial charge in [0, 0.05) is 30.9 Å². The lowest BCUT2D eigenvalue weighted by Crippen LogP contribution is -2.13. The lowest BCUT2D eigenvalue weighted by molar-refractivity contribution is 0.746. The fourth-order valence-corrected chi connectivity index (χ4v) is 1.96. The molecule has 0 spiro atoms. The molecule has 98 valence electrons. The second-order valence-electron chi connectivity index (χ2n) is 4.40. The third kappa shape index (κ3) is 3.97. The number of hydrogen-bond acceptors (Lipinski definition) is 2. The van der Waals surface area contributed by atoms with Crippen LogP contribution >= 0.6 is 0 Å². The normalized spacial score (nSPS) is 10.0. The van der Waals surface area contributed by atoms with Gasteiger partial charge in [0.15, 0.2) is 0 Å². The van der Waals surface area contributed by atoms with Crippen molar-refractivity contribution >= 4 is 0 Å². The molecule has 0 radical (unpaired) electrons. The predicted molar refractivity (Wildman–Crippen MR) is 77.6 cm³/mol. The van der Waals surface area contributed by atoms with Crippen LogP contribution in [0.5, 0.6) is 0 Å². The van der Waals surface area contributed by atoms with Crippen LogP contribution in [-0.2, 0) is 20.0 Å². The summed E-state index contributed by atoms with van der Waals surface area (Å²) in [5, 5.41) is 7.75. The maximum Gasteiger partial charge on any atom is 0.0666 e. The Hall–Kier alpha value is -2.05. The third-order valence-corrected chi connectivity index (χ3v) is 2.86. The molecule has 2 rings (SSSR count). The minimum absolute atomic E-state index is 0.687. The Bertz CT molecular complexity index is 573. The van der Waals surface area contributed by atoms with E-state index in [9.17, 15) is 0 Å². The average Bonchev–Trinajstić information content (AvgIpc) is 2.80. The van der Waals surface area contributed by atoms with Gasteiger partial charge in [-0.3, -0.25) is 4.68 Å². The minimum atomic E-state index is 0.687. The largest absolute Gasteiger partial charge is 0.302 e. The first kappa shape index (κ1) is 13.4. The molecule has 0 unspecified atom stereocenters. The number of aromatic nitrogens is 2. The van der Waals surface area contributed by atoms with E-state index in [1.165, 1.54) is 5.56 Å². The topological polar surface area (TPSA) is 29.9 Å². The number of hydrogen-bond donors (Lipinski definition) is 1. The molecule has 2 aromatic rings. The van der Waals surface area contributed by atoms with Crippen molar-refractivity contribution in [2.75, 3.05) is 6.54 Å². The molecular formula is C16H19N3. The minimum Gasteiger partial charge on any atom is -0.302 e. The lowest BCUT2D eigenvalue weighted by atomic mass is 10.2. The van der Waals surface area contributed by atoms with Gasteiger partial charge < -0.3 is 5.32 Å². The summed E-state index contributed by atoms with van der Waals surface area (Å²) in [5.41, 5.74) is 3.47. The molecule has 1 N–H and O–H groups in total. The van der Waals surface area contributed by atoms with E-state index in [2.05, 4.69) is 35.4 Å². The van der Waals surface area contributed by atoms with Crippen molar-refractivity contribution in [1.82, 2.24) is 15.1 Å². The summed E-state index contributed by atoms with van der Waals surface area (Å²) in [7, 11) is 1.96. The van der Waals surface area contributed by atoms with E-state index < -0.39 is 0 Å². The third-order valence-electron chi connectivity index (χ3n) is 2.86. The quantitative estimate of drug-likeness (QED) is 0.668. The molecule has 3 heteroatoms.